The predicted molar refractivity (Wildman–Crippen MR) is 208 cm³/mol. The van der Waals surface area contributed by atoms with E-state index in [0.29, 0.717) is 19.3 Å². The third-order valence-corrected chi connectivity index (χ3v) is 9.18. The van der Waals surface area contributed by atoms with Gasteiger partial charge in [0.05, 0.1) is 12.7 Å². The maximum absolute atomic E-state index is 12.4. The van der Waals surface area contributed by atoms with Gasteiger partial charge in [-0.25, -0.2) is 4.57 Å². The molecule has 0 saturated heterocycles. The summed E-state index contributed by atoms with van der Waals surface area (Å²) in [5.74, 6) is -0.269. The molecule has 0 rings (SSSR count). The normalized spacial score (nSPS) is 13.5. The van der Waals surface area contributed by atoms with Gasteiger partial charge in [-0.2, -0.15) is 0 Å². The molecule has 0 heterocycles. The highest BCUT2D eigenvalue weighted by molar-refractivity contribution is 7.46. The number of rotatable bonds is 36. The van der Waals surface area contributed by atoms with E-state index in [2.05, 4.69) is 37.4 Å². The fraction of sp³-hybridized carbons (Fsp3) is 0.805. The first-order valence-corrected chi connectivity index (χ1v) is 21.8. The Hall–Kier alpha value is -1.77. The largest absolute Gasteiger partial charge is 0.469 e. The SMILES string of the molecule is CCCCCCCC/C=C/C/C=C/C=C/C(O)CCCC(=O)O[C@H](COC(=O)CCCCCCCCCCCCCCC(C)C)COP(=O)(O)O. The van der Waals surface area contributed by atoms with Crippen molar-refractivity contribution in [3.05, 3.63) is 36.5 Å². The van der Waals surface area contributed by atoms with E-state index < -0.39 is 38.6 Å². The van der Waals surface area contributed by atoms with Crippen molar-refractivity contribution in [3.63, 3.8) is 0 Å². The van der Waals surface area contributed by atoms with Crippen molar-refractivity contribution in [3.8, 4) is 0 Å². The monoisotopic (exact) mass is 743 g/mol. The number of aliphatic hydroxyl groups excluding tert-OH is 1. The van der Waals surface area contributed by atoms with E-state index in [1.54, 1.807) is 12.2 Å². The van der Waals surface area contributed by atoms with Gasteiger partial charge in [-0.1, -0.05) is 166 Å². The maximum atomic E-state index is 12.4. The Morgan fingerprint density at radius 3 is 1.82 bits per heavy atom. The molecule has 0 amide bonds. The van der Waals surface area contributed by atoms with E-state index in [4.69, 9.17) is 19.3 Å². The smallest absolute Gasteiger partial charge is 0.462 e. The lowest BCUT2D eigenvalue weighted by atomic mass is 10.0. The Morgan fingerprint density at radius 2 is 1.22 bits per heavy atom. The molecule has 0 aromatic carbocycles. The number of aliphatic hydroxyl groups is 1. The zero-order chi connectivity index (χ0) is 37.8. The summed E-state index contributed by atoms with van der Waals surface area (Å²) < 4.78 is 26.2. The molecule has 0 aromatic rings. The molecule has 10 heteroatoms. The molecule has 0 saturated carbocycles. The van der Waals surface area contributed by atoms with Crippen molar-refractivity contribution >= 4 is 19.8 Å². The minimum absolute atomic E-state index is 0.0110. The highest BCUT2D eigenvalue weighted by Gasteiger charge is 2.23. The Labute approximate surface area is 311 Å². The fourth-order valence-corrected chi connectivity index (χ4v) is 5.99. The molecule has 9 nitrogen and oxygen atoms in total. The lowest BCUT2D eigenvalue weighted by Crippen LogP contribution is -2.29. The van der Waals surface area contributed by atoms with Crippen molar-refractivity contribution in [2.75, 3.05) is 13.2 Å². The Morgan fingerprint density at radius 1 is 0.647 bits per heavy atom. The van der Waals surface area contributed by atoms with Gasteiger partial charge in [-0.3, -0.25) is 14.1 Å². The molecule has 3 N–H and O–H groups in total. The van der Waals surface area contributed by atoms with Gasteiger partial charge < -0.3 is 24.4 Å². The number of hydrogen-bond donors (Lipinski definition) is 3. The molecular weight excluding hydrogens is 667 g/mol. The number of allylic oxidation sites excluding steroid dienone is 5. The quantitative estimate of drug-likeness (QED) is 0.0188. The molecule has 0 spiro atoms. The first kappa shape index (κ1) is 49.2. The molecule has 2 atom stereocenters. The van der Waals surface area contributed by atoms with Crippen LogP contribution < -0.4 is 0 Å². The topological polar surface area (TPSA) is 140 Å². The Balaban J connectivity index is 4.12. The van der Waals surface area contributed by atoms with Crippen LogP contribution in [0.5, 0.6) is 0 Å². The lowest BCUT2D eigenvalue weighted by Gasteiger charge is -2.18. The number of ether oxygens (including phenoxy) is 2. The molecule has 298 valence electrons. The number of unbranched alkanes of at least 4 members (excludes halogenated alkanes) is 17. The Bertz CT molecular complexity index is 957. The van der Waals surface area contributed by atoms with E-state index in [1.807, 2.05) is 12.2 Å². The molecule has 51 heavy (non-hydrogen) atoms. The zero-order valence-electron chi connectivity index (χ0n) is 32.5. The van der Waals surface area contributed by atoms with Crippen LogP contribution in [-0.4, -0.2) is 52.3 Å². The van der Waals surface area contributed by atoms with Crippen LogP contribution in [0, 0.1) is 5.92 Å². The lowest BCUT2D eigenvalue weighted by molar-refractivity contribution is -0.161. The number of carbonyl (C=O) groups excluding carboxylic acids is 2. The number of hydrogen-bond acceptors (Lipinski definition) is 7. The number of carbonyl (C=O) groups is 2. The third kappa shape index (κ3) is 39.3. The zero-order valence-corrected chi connectivity index (χ0v) is 33.4. The van der Waals surface area contributed by atoms with Crippen LogP contribution in [0.4, 0.5) is 0 Å². The molecule has 0 radical (unpaired) electrons. The molecule has 0 aliphatic carbocycles. The summed E-state index contributed by atoms with van der Waals surface area (Å²) in [7, 11) is -4.80. The van der Waals surface area contributed by atoms with E-state index in [1.165, 1.54) is 96.3 Å². The molecule has 0 aromatic heterocycles. The summed E-state index contributed by atoms with van der Waals surface area (Å²) in [6, 6.07) is 0. The second-order valence-corrected chi connectivity index (χ2v) is 15.5. The van der Waals surface area contributed by atoms with Crippen molar-refractivity contribution in [1.82, 2.24) is 0 Å². The van der Waals surface area contributed by atoms with Crippen molar-refractivity contribution < 1.29 is 43.0 Å². The molecule has 0 bridgehead atoms. The van der Waals surface area contributed by atoms with Gasteiger partial charge in [0.1, 0.15) is 6.61 Å². The van der Waals surface area contributed by atoms with Gasteiger partial charge in [0, 0.05) is 12.8 Å². The highest BCUT2D eigenvalue weighted by Crippen LogP contribution is 2.36. The molecular formula is C41H75O9P. The van der Waals surface area contributed by atoms with E-state index in [-0.39, 0.29) is 19.4 Å². The van der Waals surface area contributed by atoms with Gasteiger partial charge in [-0.05, 0) is 44.4 Å². The Kier molecular flexibility index (Phi) is 34.0. The third-order valence-electron chi connectivity index (χ3n) is 8.69. The van der Waals surface area contributed by atoms with Crippen molar-refractivity contribution in [1.29, 1.82) is 0 Å². The summed E-state index contributed by atoms with van der Waals surface area (Å²) in [4.78, 5) is 42.8. The standard InChI is InChI=1S/C41H75O9P/c1-4-5-6-7-8-9-10-11-15-18-21-24-27-31-38(42)32-29-34-41(44)50-39(36-49-51(45,46)47)35-48-40(43)33-28-25-22-19-16-13-12-14-17-20-23-26-30-37(2)3/h11,15,21,24,27,31,37-39,42H,4-10,12-14,16-20,22-23,25-26,28-30,32-36H2,1-3H3,(H2,45,46,47)/b15-11+,24-21+,31-27+/t38?,39-/m1/s1. The fourth-order valence-electron chi connectivity index (χ4n) is 5.63. The predicted octanol–water partition coefficient (Wildman–Crippen LogP) is 11.0. The number of phosphoric ester groups is 1. The van der Waals surface area contributed by atoms with E-state index >= 15 is 0 Å². The minimum Gasteiger partial charge on any atom is -0.462 e. The van der Waals surface area contributed by atoms with Gasteiger partial charge in [0.2, 0.25) is 0 Å². The second-order valence-electron chi connectivity index (χ2n) is 14.3. The maximum Gasteiger partial charge on any atom is 0.469 e. The summed E-state index contributed by atoms with van der Waals surface area (Å²) in [5.41, 5.74) is 0. The van der Waals surface area contributed by atoms with Crippen LogP contribution in [0.2, 0.25) is 0 Å². The number of phosphoric acid groups is 1. The minimum atomic E-state index is -4.80. The summed E-state index contributed by atoms with van der Waals surface area (Å²) in [5, 5.41) is 10.2. The number of esters is 2. The van der Waals surface area contributed by atoms with Crippen molar-refractivity contribution in [2.45, 2.75) is 193 Å². The van der Waals surface area contributed by atoms with Gasteiger partial charge >= 0.3 is 19.8 Å². The van der Waals surface area contributed by atoms with Crippen LogP contribution in [0.15, 0.2) is 36.5 Å². The average molecular weight is 743 g/mol. The van der Waals surface area contributed by atoms with Gasteiger partial charge in [0.25, 0.3) is 0 Å². The van der Waals surface area contributed by atoms with Crippen LogP contribution in [-0.2, 0) is 28.2 Å². The molecule has 0 aliphatic heterocycles. The summed E-state index contributed by atoms with van der Waals surface area (Å²) in [6.07, 6.45) is 36.2. The van der Waals surface area contributed by atoms with Gasteiger partial charge in [0.15, 0.2) is 6.10 Å². The average Bonchev–Trinajstić information content (AvgIpc) is 3.07. The van der Waals surface area contributed by atoms with Crippen LogP contribution in [0.3, 0.4) is 0 Å². The van der Waals surface area contributed by atoms with Gasteiger partial charge in [-0.15, -0.1) is 0 Å². The molecule has 0 aliphatic rings. The summed E-state index contributed by atoms with van der Waals surface area (Å²) >= 11 is 0. The summed E-state index contributed by atoms with van der Waals surface area (Å²) in [6.45, 7) is 5.84. The van der Waals surface area contributed by atoms with Crippen molar-refractivity contribution in [2.24, 2.45) is 5.92 Å². The molecule has 1 unspecified atom stereocenters. The van der Waals surface area contributed by atoms with Crippen LogP contribution in [0.1, 0.15) is 181 Å². The van der Waals surface area contributed by atoms with Crippen LogP contribution in [0.25, 0.3) is 0 Å². The molecule has 0 fully saturated rings. The van der Waals surface area contributed by atoms with E-state index in [9.17, 15) is 19.3 Å². The first-order chi connectivity index (χ1) is 24.5. The van der Waals surface area contributed by atoms with Crippen LogP contribution >= 0.6 is 7.82 Å². The van der Waals surface area contributed by atoms with E-state index in [0.717, 1.165) is 38.0 Å². The second kappa shape index (κ2) is 35.3. The highest BCUT2D eigenvalue weighted by atomic mass is 31.2. The first-order valence-electron chi connectivity index (χ1n) is 20.2.